The van der Waals surface area contributed by atoms with Crippen LogP contribution in [0.2, 0.25) is 5.02 Å². The molecule has 2 heterocycles. The molecule has 0 bridgehead atoms. The quantitative estimate of drug-likeness (QED) is 0.567. The van der Waals surface area contributed by atoms with E-state index >= 15 is 0 Å². The Morgan fingerprint density at radius 1 is 1.04 bits per heavy atom. The first kappa shape index (κ1) is 15.3. The number of hydrogen-bond acceptors (Lipinski definition) is 2. The molecule has 0 spiro atoms. The van der Waals surface area contributed by atoms with Gasteiger partial charge in [-0.15, -0.1) is 0 Å². The third-order valence-corrected chi connectivity index (χ3v) is 5.41. The Morgan fingerprint density at radius 2 is 1.88 bits per heavy atom. The molecule has 0 fully saturated rings. The van der Waals surface area contributed by atoms with E-state index in [0.29, 0.717) is 0 Å². The van der Waals surface area contributed by atoms with Gasteiger partial charge in [0.1, 0.15) is 0 Å². The van der Waals surface area contributed by atoms with E-state index in [2.05, 4.69) is 56.1 Å². The summed E-state index contributed by atoms with van der Waals surface area (Å²) >= 11 is 6.54. The molecule has 0 saturated carbocycles. The van der Waals surface area contributed by atoms with Gasteiger partial charge in [-0.1, -0.05) is 48.9 Å². The number of rotatable bonds is 1. The lowest BCUT2D eigenvalue weighted by atomic mass is 9.77. The van der Waals surface area contributed by atoms with E-state index in [4.69, 9.17) is 16.6 Å². The molecule has 24 heavy (non-hydrogen) atoms. The maximum atomic E-state index is 6.54. The Labute approximate surface area is 147 Å². The van der Waals surface area contributed by atoms with E-state index in [1.54, 1.807) is 0 Å². The first-order valence-electron chi connectivity index (χ1n) is 8.21. The van der Waals surface area contributed by atoms with Crippen molar-refractivity contribution in [3.05, 3.63) is 76.4 Å². The number of benzene rings is 2. The normalized spacial score (nSPS) is 19.0. The molecule has 0 radical (unpaired) electrons. The topological polar surface area (TPSA) is 25.2 Å². The summed E-state index contributed by atoms with van der Waals surface area (Å²) in [5.41, 5.74) is 5.19. The van der Waals surface area contributed by atoms with Gasteiger partial charge in [-0.2, -0.15) is 0 Å². The number of aromatic nitrogens is 1. The smallest absolute Gasteiger partial charge is 0.0729 e. The summed E-state index contributed by atoms with van der Waals surface area (Å²) in [5.74, 6) is 0.267. The van der Waals surface area contributed by atoms with E-state index in [1.165, 1.54) is 5.56 Å². The van der Waals surface area contributed by atoms with E-state index in [-0.39, 0.29) is 11.5 Å². The molecule has 1 aromatic heterocycles. The van der Waals surface area contributed by atoms with Gasteiger partial charge in [0.15, 0.2) is 0 Å². The van der Waals surface area contributed by atoms with Crippen molar-refractivity contribution >= 4 is 28.2 Å². The summed E-state index contributed by atoms with van der Waals surface area (Å²) in [6, 6.07) is 16.5. The summed E-state index contributed by atoms with van der Waals surface area (Å²) in [6.07, 6.45) is 1.83. The summed E-state index contributed by atoms with van der Waals surface area (Å²) in [5, 5.41) is 1.95. The maximum Gasteiger partial charge on any atom is 0.0729 e. The van der Waals surface area contributed by atoms with Gasteiger partial charge < -0.3 is 0 Å². The highest BCUT2D eigenvalue weighted by Gasteiger charge is 2.35. The van der Waals surface area contributed by atoms with Crippen molar-refractivity contribution in [3.8, 4) is 0 Å². The van der Waals surface area contributed by atoms with E-state index in [0.717, 1.165) is 32.8 Å². The first-order valence-corrected chi connectivity index (χ1v) is 8.59. The minimum absolute atomic E-state index is 0.202. The highest BCUT2D eigenvalue weighted by Crippen LogP contribution is 2.42. The van der Waals surface area contributed by atoms with Crippen LogP contribution in [0.25, 0.3) is 10.9 Å². The van der Waals surface area contributed by atoms with Crippen molar-refractivity contribution in [3.63, 3.8) is 0 Å². The zero-order chi connectivity index (χ0) is 16.9. The van der Waals surface area contributed by atoms with E-state index in [9.17, 15) is 0 Å². The standard InChI is InChI=1S/C21H19ClN2/c1-13-19-16(7-4-8-17(19)22)20(24-21(13,2)3)15-10-9-14-6-5-11-23-18(14)12-15/h4-13H,1-3H3. The van der Waals surface area contributed by atoms with Gasteiger partial charge in [-0.3, -0.25) is 9.98 Å². The second kappa shape index (κ2) is 5.42. The Morgan fingerprint density at radius 3 is 2.71 bits per heavy atom. The zero-order valence-electron chi connectivity index (χ0n) is 14.0. The molecule has 0 N–H and O–H groups in total. The van der Waals surface area contributed by atoms with Crippen LogP contribution < -0.4 is 0 Å². The number of aliphatic imine (C=N–C) groups is 1. The van der Waals surface area contributed by atoms with Gasteiger partial charge in [0.2, 0.25) is 0 Å². The Hall–Kier alpha value is -2.19. The minimum atomic E-state index is -0.202. The van der Waals surface area contributed by atoms with Crippen molar-refractivity contribution in [2.75, 3.05) is 0 Å². The maximum absolute atomic E-state index is 6.54. The molecule has 2 aromatic carbocycles. The van der Waals surface area contributed by atoms with Gasteiger partial charge in [0.25, 0.3) is 0 Å². The van der Waals surface area contributed by atoms with Crippen LogP contribution in [0.3, 0.4) is 0 Å². The molecule has 2 nitrogen and oxygen atoms in total. The summed E-state index contributed by atoms with van der Waals surface area (Å²) in [6.45, 7) is 6.54. The Balaban J connectivity index is 1.97. The first-order chi connectivity index (χ1) is 11.5. The van der Waals surface area contributed by atoms with Crippen LogP contribution in [0.4, 0.5) is 0 Å². The van der Waals surface area contributed by atoms with Crippen molar-refractivity contribution in [2.45, 2.75) is 32.2 Å². The van der Waals surface area contributed by atoms with Gasteiger partial charge in [0, 0.05) is 33.7 Å². The molecule has 120 valence electrons. The molecule has 0 amide bonds. The molecule has 3 heteroatoms. The van der Waals surface area contributed by atoms with Gasteiger partial charge in [-0.25, -0.2) is 0 Å². The van der Waals surface area contributed by atoms with Crippen molar-refractivity contribution in [2.24, 2.45) is 4.99 Å². The summed E-state index contributed by atoms with van der Waals surface area (Å²) in [4.78, 5) is 9.57. The highest BCUT2D eigenvalue weighted by molar-refractivity contribution is 6.32. The lowest BCUT2D eigenvalue weighted by Gasteiger charge is -2.36. The minimum Gasteiger partial charge on any atom is -0.277 e. The lowest BCUT2D eigenvalue weighted by Crippen LogP contribution is -2.33. The van der Waals surface area contributed by atoms with Crippen molar-refractivity contribution in [1.29, 1.82) is 0 Å². The van der Waals surface area contributed by atoms with Crippen LogP contribution in [0.5, 0.6) is 0 Å². The Bertz CT molecular complexity index is 972. The molecule has 1 aliphatic heterocycles. The van der Waals surface area contributed by atoms with Crippen molar-refractivity contribution in [1.82, 2.24) is 4.98 Å². The van der Waals surface area contributed by atoms with Crippen LogP contribution >= 0.6 is 11.6 Å². The zero-order valence-corrected chi connectivity index (χ0v) is 14.8. The average molecular weight is 335 g/mol. The molecule has 0 aliphatic carbocycles. The molecule has 1 aliphatic rings. The second-order valence-corrected chi connectivity index (χ2v) is 7.35. The largest absolute Gasteiger partial charge is 0.277 e. The fourth-order valence-electron chi connectivity index (χ4n) is 3.42. The number of hydrogen-bond donors (Lipinski definition) is 0. The molecular weight excluding hydrogens is 316 g/mol. The fraction of sp³-hybridized carbons (Fsp3) is 0.238. The van der Waals surface area contributed by atoms with Crippen LogP contribution in [0.15, 0.2) is 59.7 Å². The molecule has 1 unspecified atom stereocenters. The van der Waals surface area contributed by atoms with E-state index in [1.807, 2.05) is 24.4 Å². The number of nitrogens with zero attached hydrogens (tertiary/aromatic N) is 2. The predicted molar refractivity (Wildman–Crippen MR) is 101 cm³/mol. The molecule has 0 saturated heterocycles. The van der Waals surface area contributed by atoms with Gasteiger partial charge >= 0.3 is 0 Å². The summed E-state index contributed by atoms with van der Waals surface area (Å²) in [7, 11) is 0. The number of halogens is 1. The monoisotopic (exact) mass is 334 g/mol. The number of pyridine rings is 1. The van der Waals surface area contributed by atoms with Crippen LogP contribution in [0.1, 0.15) is 43.4 Å². The molecule has 4 rings (SSSR count). The van der Waals surface area contributed by atoms with Crippen LogP contribution in [0, 0.1) is 0 Å². The predicted octanol–water partition coefficient (Wildman–Crippen LogP) is 5.62. The molecular formula is C21H19ClN2. The third kappa shape index (κ3) is 2.33. The third-order valence-electron chi connectivity index (χ3n) is 5.08. The Kier molecular flexibility index (Phi) is 3.47. The van der Waals surface area contributed by atoms with Crippen LogP contribution in [-0.4, -0.2) is 16.2 Å². The molecule has 3 aromatic rings. The van der Waals surface area contributed by atoms with Gasteiger partial charge in [-0.05, 0) is 37.6 Å². The highest BCUT2D eigenvalue weighted by atomic mass is 35.5. The average Bonchev–Trinajstić information content (AvgIpc) is 2.58. The number of fused-ring (bicyclic) bond motifs is 2. The fourth-order valence-corrected chi connectivity index (χ4v) is 3.75. The SMILES string of the molecule is CC1c2c(Cl)cccc2C(c2ccc3cccnc3c2)=NC1(C)C. The molecule has 1 atom stereocenters. The summed E-state index contributed by atoms with van der Waals surface area (Å²) < 4.78 is 0. The van der Waals surface area contributed by atoms with Crippen LogP contribution in [-0.2, 0) is 0 Å². The lowest BCUT2D eigenvalue weighted by molar-refractivity contribution is 0.432. The van der Waals surface area contributed by atoms with Crippen molar-refractivity contribution < 1.29 is 0 Å². The van der Waals surface area contributed by atoms with E-state index < -0.39 is 0 Å². The van der Waals surface area contributed by atoms with Gasteiger partial charge in [0.05, 0.1) is 16.8 Å². The second-order valence-electron chi connectivity index (χ2n) is 6.95.